The van der Waals surface area contributed by atoms with Crippen LogP contribution in [0.4, 0.5) is 0 Å². The molecular weight excluding hydrogens is 222 g/mol. The summed E-state index contributed by atoms with van der Waals surface area (Å²) in [6.45, 7) is 7.30. The van der Waals surface area contributed by atoms with Gasteiger partial charge in [-0.2, -0.15) is 0 Å². The Morgan fingerprint density at radius 2 is 1.71 bits per heavy atom. The minimum Gasteiger partial charge on any atom is -0.357 e. The molecule has 1 saturated heterocycles. The molecule has 0 saturated carbocycles. The first kappa shape index (κ1) is 14.3. The van der Waals surface area contributed by atoms with Gasteiger partial charge in [0.1, 0.15) is 0 Å². The van der Waals surface area contributed by atoms with Gasteiger partial charge in [-0.15, -0.1) is 0 Å². The summed E-state index contributed by atoms with van der Waals surface area (Å²) < 4.78 is 0. The molecule has 0 bridgehead atoms. The highest BCUT2D eigenvalue weighted by Crippen LogP contribution is 2.38. The Labute approximate surface area is 109 Å². The van der Waals surface area contributed by atoms with Gasteiger partial charge in [0.2, 0.25) is 0 Å². The standard InChI is InChI=1S/C8H18Si.C7H9N/c1-7-4-5-9-8(2,3)6-7;1-8-6-4-2-3-5-7-8/h7H,4-6,9H2,1-3H3;2-7H,1H3. The molecule has 17 heavy (non-hydrogen) atoms. The van der Waals surface area contributed by atoms with Crippen LogP contribution in [-0.2, 0) is 0 Å². The number of nitrogens with zero attached hydrogens (tertiary/aromatic N) is 1. The van der Waals surface area contributed by atoms with Crippen molar-refractivity contribution >= 4 is 9.52 Å². The van der Waals surface area contributed by atoms with Gasteiger partial charge in [-0.05, 0) is 29.5 Å². The molecular formula is C15H27NSi. The molecule has 2 aliphatic heterocycles. The zero-order chi connectivity index (χ0) is 12.7. The van der Waals surface area contributed by atoms with Crippen molar-refractivity contribution in [2.75, 3.05) is 7.05 Å². The van der Waals surface area contributed by atoms with Crippen molar-refractivity contribution in [2.24, 2.45) is 5.92 Å². The maximum atomic E-state index is 2.45. The molecule has 2 aliphatic rings. The maximum absolute atomic E-state index is 2.45. The lowest BCUT2D eigenvalue weighted by Gasteiger charge is -2.32. The zero-order valence-corrected chi connectivity index (χ0v) is 13.2. The van der Waals surface area contributed by atoms with Crippen molar-refractivity contribution < 1.29 is 0 Å². The lowest BCUT2D eigenvalue weighted by Crippen LogP contribution is -2.21. The van der Waals surface area contributed by atoms with Crippen molar-refractivity contribution in [1.82, 2.24) is 4.90 Å². The Balaban J connectivity index is 0.000000171. The van der Waals surface area contributed by atoms with Gasteiger partial charge in [-0.1, -0.05) is 45.4 Å². The Morgan fingerprint density at radius 1 is 1.12 bits per heavy atom. The zero-order valence-electron chi connectivity index (χ0n) is 11.8. The van der Waals surface area contributed by atoms with Gasteiger partial charge in [-0.3, -0.25) is 0 Å². The van der Waals surface area contributed by atoms with Gasteiger partial charge < -0.3 is 4.90 Å². The highest BCUT2D eigenvalue weighted by molar-refractivity contribution is 6.40. The Kier molecular flexibility index (Phi) is 5.76. The van der Waals surface area contributed by atoms with Gasteiger partial charge >= 0.3 is 0 Å². The van der Waals surface area contributed by atoms with Crippen molar-refractivity contribution in [3.05, 3.63) is 36.7 Å². The summed E-state index contributed by atoms with van der Waals surface area (Å²) >= 11 is 0. The summed E-state index contributed by atoms with van der Waals surface area (Å²) in [5.41, 5.74) is 0. The van der Waals surface area contributed by atoms with Crippen molar-refractivity contribution in [3.63, 3.8) is 0 Å². The number of rotatable bonds is 0. The van der Waals surface area contributed by atoms with E-state index in [9.17, 15) is 0 Å². The average molecular weight is 249 g/mol. The molecule has 2 heteroatoms. The molecule has 1 atom stereocenters. The predicted molar refractivity (Wildman–Crippen MR) is 81.0 cm³/mol. The van der Waals surface area contributed by atoms with E-state index in [4.69, 9.17) is 0 Å². The Hall–Kier alpha value is -0.763. The molecule has 1 unspecified atom stereocenters. The van der Waals surface area contributed by atoms with E-state index in [0.29, 0.717) is 9.52 Å². The van der Waals surface area contributed by atoms with E-state index in [1.807, 2.05) is 48.7 Å². The molecule has 1 fully saturated rings. The first-order chi connectivity index (χ1) is 7.99. The summed E-state index contributed by atoms with van der Waals surface area (Å²) in [5, 5.41) is 0.789. The van der Waals surface area contributed by atoms with Crippen LogP contribution in [0.3, 0.4) is 0 Å². The third kappa shape index (κ3) is 6.52. The van der Waals surface area contributed by atoms with Crippen molar-refractivity contribution in [2.45, 2.75) is 44.7 Å². The van der Waals surface area contributed by atoms with E-state index < -0.39 is 0 Å². The molecule has 0 aromatic heterocycles. The van der Waals surface area contributed by atoms with E-state index in [2.05, 4.69) is 20.8 Å². The summed E-state index contributed by atoms with van der Waals surface area (Å²) in [4.78, 5) is 2.00. The molecule has 0 spiro atoms. The monoisotopic (exact) mass is 249 g/mol. The maximum Gasteiger partial charge on any atom is 0.0264 e. The van der Waals surface area contributed by atoms with E-state index in [1.165, 1.54) is 12.8 Å². The molecule has 1 nitrogen and oxygen atoms in total. The van der Waals surface area contributed by atoms with E-state index in [0.717, 1.165) is 11.0 Å². The lowest BCUT2D eigenvalue weighted by molar-refractivity contribution is 0.413. The first-order valence-corrected chi connectivity index (χ1v) is 8.44. The largest absolute Gasteiger partial charge is 0.357 e. The minimum atomic E-state index is 0.305. The normalized spacial score (nSPS) is 27.5. The summed E-state index contributed by atoms with van der Waals surface area (Å²) in [6.07, 6.45) is 15.0. The molecule has 0 aliphatic carbocycles. The van der Waals surface area contributed by atoms with Gasteiger partial charge in [-0.25, -0.2) is 0 Å². The quantitative estimate of drug-likeness (QED) is 0.592. The van der Waals surface area contributed by atoms with Crippen LogP contribution in [0.1, 0.15) is 33.6 Å². The highest BCUT2D eigenvalue weighted by atomic mass is 28.2. The predicted octanol–water partition coefficient (Wildman–Crippen LogP) is 3.72. The average Bonchev–Trinajstić information content (AvgIpc) is 2.44. The first-order valence-electron chi connectivity index (χ1n) is 6.73. The summed E-state index contributed by atoms with van der Waals surface area (Å²) in [5.74, 6) is 1.02. The minimum absolute atomic E-state index is 0.305. The number of allylic oxidation sites excluding steroid dienone is 4. The summed E-state index contributed by atoms with van der Waals surface area (Å²) in [7, 11) is 2.30. The van der Waals surface area contributed by atoms with Crippen molar-refractivity contribution in [3.8, 4) is 0 Å². The van der Waals surface area contributed by atoms with Crippen molar-refractivity contribution in [1.29, 1.82) is 0 Å². The third-order valence-electron chi connectivity index (χ3n) is 3.43. The third-order valence-corrected chi connectivity index (χ3v) is 5.83. The van der Waals surface area contributed by atoms with Crippen LogP contribution in [-0.4, -0.2) is 21.5 Å². The second-order valence-electron chi connectivity index (χ2n) is 6.10. The van der Waals surface area contributed by atoms with Crippen LogP contribution in [0, 0.1) is 5.92 Å². The van der Waals surface area contributed by atoms with Crippen LogP contribution in [0.2, 0.25) is 11.1 Å². The fraction of sp³-hybridized carbons (Fsp3) is 0.600. The second-order valence-corrected chi connectivity index (χ2v) is 9.22. The molecule has 0 amide bonds. The number of hydrogen-bond acceptors (Lipinski definition) is 1. The van der Waals surface area contributed by atoms with Crippen LogP contribution in [0.25, 0.3) is 0 Å². The topological polar surface area (TPSA) is 3.24 Å². The molecule has 0 radical (unpaired) electrons. The van der Waals surface area contributed by atoms with E-state index in [1.54, 1.807) is 6.04 Å². The molecule has 96 valence electrons. The SMILES string of the molecule is CC1CC[SiH2]C(C)(C)C1.CN1C=CC=CC=C1. The lowest BCUT2D eigenvalue weighted by atomic mass is 9.95. The Bertz CT molecular complexity index is 286. The molecule has 0 aromatic rings. The molecule has 2 heterocycles. The van der Waals surface area contributed by atoms with Crippen LogP contribution in [0.5, 0.6) is 0 Å². The summed E-state index contributed by atoms with van der Waals surface area (Å²) in [6, 6.07) is 1.59. The van der Waals surface area contributed by atoms with Gasteiger partial charge in [0.05, 0.1) is 0 Å². The van der Waals surface area contributed by atoms with Crippen LogP contribution in [0.15, 0.2) is 36.7 Å². The van der Waals surface area contributed by atoms with Gasteiger partial charge in [0.25, 0.3) is 0 Å². The fourth-order valence-electron chi connectivity index (χ4n) is 2.63. The smallest absolute Gasteiger partial charge is 0.0264 e. The van der Waals surface area contributed by atoms with Gasteiger partial charge in [0, 0.05) is 29.0 Å². The fourth-order valence-corrected chi connectivity index (χ4v) is 5.18. The second kappa shape index (κ2) is 6.85. The van der Waals surface area contributed by atoms with E-state index in [-0.39, 0.29) is 0 Å². The van der Waals surface area contributed by atoms with Crippen LogP contribution >= 0.6 is 0 Å². The Morgan fingerprint density at radius 3 is 2.12 bits per heavy atom. The van der Waals surface area contributed by atoms with E-state index >= 15 is 0 Å². The highest BCUT2D eigenvalue weighted by Gasteiger charge is 2.25. The molecule has 0 aromatic carbocycles. The van der Waals surface area contributed by atoms with Gasteiger partial charge in [0.15, 0.2) is 0 Å². The number of hydrogen-bond donors (Lipinski definition) is 0. The van der Waals surface area contributed by atoms with Crippen LogP contribution < -0.4 is 0 Å². The molecule has 0 N–H and O–H groups in total. The molecule has 2 rings (SSSR count).